The molecule has 3 aromatic rings. The third-order valence-corrected chi connectivity index (χ3v) is 8.27. The van der Waals surface area contributed by atoms with E-state index in [0.717, 1.165) is 93.1 Å². The van der Waals surface area contributed by atoms with Crippen LogP contribution in [0.5, 0.6) is 5.75 Å². The summed E-state index contributed by atoms with van der Waals surface area (Å²) in [6, 6.07) is 9.06. The highest BCUT2D eigenvalue weighted by Gasteiger charge is 2.26. The van der Waals surface area contributed by atoms with Gasteiger partial charge in [-0.05, 0) is 57.0 Å². The predicted octanol–water partition coefficient (Wildman–Crippen LogP) is 3.48. The molecule has 212 valence electrons. The first-order valence-corrected chi connectivity index (χ1v) is 14.3. The van der Waals surface area contributed by atoms with E-state index >= 15 is 0 Å². The smallest absolute Gasteiger partial charge is 0.254 e. The number of fused-ring (bicyclic) bond motifs is 1. The number of carbonyl (C=O) groups is 1. The van der Waals surface area contributed by atoms with E-state index in [1.54, 1.807) is 18.5 Å². The van der Waals surface area contributed by atoms with E-state index in [-0.39, 0.29) is 23.6 Å². The highest BCUT2D eigenvalue weighted by atomic mass is 19.1. The van der Waals surface area contributed by atoms with Crippen LogP contribution in [0.25, 0.3) is 11.0 Å². The molecule has 2 saturated heterocycles. The Hall–Kier alpha value is -3.50. The number of benzene rings is 2. The number of rotatable bonds is 6. The Morgan fingerprint density at radius 2 is 1.65 bits per heavy atom. The van der Waals surface area contributed by atoms with Crippen LogP contribution in [-0.4, -0.2) is 92.5 Å². The van der Waals surface area contributed by atoms with E-state index in [9.17, 15) is 9.18 Å². The molecule has 0 radical (unpaired) electrons. The molecule has 3 fully saturated rings. The summed E-state index contributed by atoms with van der Waals surface area (Å²) < 4.78 is 27.0. The van der Waals surface area contributed by atoms with Crippen molar-refractivity contribution in [2.75, 3.05) is 69.3 Å². The summed E-state index contributed by atoms with van der Waals surface area (Å²) in [5.74, 6) is -0.0903. The molecule has 6 rings (SSSR count). The summed E-state index contributed by atoms with van der Waals surface area (Å²) in [6.07, 6.45) is 6.52. The second-order valence-corrected chi connectivity index (χ2v) is 11.0. The Morgan fingerprint density at radius 3 is 2.40 bits per heavy atom. The number of morpholine rings is 1. The van der Waals surface area contributed by atoms with E-state index < -0.39 is 5.82 Å². The van der Waals surface area contributed by atoms with Crippen LogP contribution in [0.15, 0.2) is 42.7 Å². The fraction of sp³-hybridized carbons (Fsp3) is 0.500. The Labute approximate surface area is 234 Å². The van der Waals surface area contributed by atoms with Crippen molar-refractivity contribution < 1.29 is 18.7 Å². The van der Waals surface area contributed by atoms with E-state index in [1.165, 1.54) is 6.07 Å². The lowest BCUT2D eigenvalue weighted by Crippen LogP contribution is -2.44. The molecular formula is C30H37FN6O3. The molecular weight excluding hydrogens is 511 g/mol. The number of hydrogen-bond acceptors (Lipinski definition) is 8. The van der Waals surface area contributed by atoms with Crippen LogP contribution >= 0.6 is 0 Å². The van der Waals surface area contributed by atoms with E-state index in [4.69, 9.17) is 9.47 Å². The largest absolute Gasteiger partial charge is 0.488 e. The summed E-state index contributed by atoms with van der Waals surface area (Å²) in [5.41, 5.74) is 3.55. The summed E-state index contributed by atoms with van der Waals surface area (Å²) in [6.45, 7) is 6.66. The maximum atomic E-state index is 14.9. The first kappa shape index (κ1) is 26.7. The first-order chi connectivity index (χ1) is 19.5. The fourth-order valence-corrected chi connectivity index (χ4v) is 5.84. The lowest BCUT2D eigenvalue weighted by molar-refractivity contribution is 0.0891. The molecule has 3 heterocycles. The number of nitrogens with zero attached hydrogens (tertiary/aromatic N) is 5. The average molecular weight is 549 g/mol. The quantitative estimate of drug-likeness (QED) is 0.502. The summed E-state index contributed by atoms with van der Waals surface area (Å²) >= 11 is 0. The van der Waals surface area contributed by atoms with E-state index in [1.807, 2.05) is 6.07 Å². The van der Waals surface area contributed by atoms with E-state index in [2.05, 4.69) is 49.2 Å². The molecule has 0 spiro atoms. The van der Waals surface area contributed by atoms with Crippen LogP contribution < -0.4 is 19.9 Å². The second kappa shape index (κ2) is 11.9. The zero-order valence-electron chi connectivity index (χ0n) is 23.0. The van der Waals surface area contributed by atoms with Crippen molar-refractivity contribution in [3.8, 4) is 5.75 Å². The van der Waals surface area contributed by atoms with Gasteiger partial charge in [-0.3, -0.25) is 9.78 Å². The molecule has 2 aromatic carbocycles. The Morgan fingerprint density at radius 1 is 0.925 bits per heavy atom. The molecule has 40 heavy (non-hydrogen) atoms. The molecule has 1 amide bonds. The third kappa shape index (κ3) is 5.97. The Balaban J connectivity index is 1.06. The number of amides is 1. The zero-order chi connectivity index (χ0) is 27.5. The van der Waals surface area contributed by atoms with Crippen LogP contribution in [0, 0.1) is 5.82 Å². The van der Waals surface area contributed by atoms with Crippen molar-refractivity contribution in [3.63, 3.8) is 0 Å². The highest BCUT2D eigenvalue weighted by Crippen LogP contribution is 2.33. The van der Waals surface area contributed by atoms with Gasteiger partial charge >= 0.3 is 0 Å². The predicted molar refractivity (Wildman–Crippen MR) is 153 cm³/mol. The van der Waals surface area contributed by atoms with Gasteiger partial charge in [0, 0.05) is 75.1 Å². The van der Waals surface area contributed by atoms with Crippen molar-refractivity contribution in [1.82, 2.24) is 20.2 Å². The molecule has 2 aliphatic heterocycles. The summed E-state index contributed by atoms with van der Waals surface area (Å²) in [7, 11) is 2.09. The van der Waals surface area contributed by atoms with Crippen molar-refractivity contribution in [2.45, 2.75) is 37.8 Å². The minimum absolute atomic E-state index is 0.0119. The number of hydrogen-bond donors (Lipinski definition) is 1. The van der Waals surface area contributed by atoms with Gasteiger partial charge in [-0.2, -0.15) is 0 Å². The molecule has 0 atom stereocenters. The normalized spacial score (nSPS) is 22.4. The molecule has 10 heteroatoms. The van der Waals surface area contributed by atoms with Crippen molar-refractivity contribution in [2.24, 2.45) is 0 Å². The monoisotopic (exact) mass is 548 g/mol. The first-order valence-electron chi connectivity index (χ1n) is 14.3. The van der Waals surface area contributed by atoms with Crippen LogP contribution in [0.1, 0.15) is 36.0 Å². The van der Waals surface area contributed by atoms with Gasteiger partial charge in [-0.15, -0.1) is 0 Å². The van der Waals surface area contributed by atoms with Crippen LogP contribution in [0.3, 0.4) is 0 Å². The molecule has 0 unspecified atom stereocenters. The zero-order valence-corrected chi connectivity index (χ0v) is 23.0. The van der Waals surface area contributed by atoms with E-state index in [0.29, 0.717) is 13.2 Å². The van der Waals surface area contributed by atoms with Gasteiger partial charge in [0.1, 0.15) is 17.1 Å². The summed E-state index contributed by atoms with van der Waals surface area (Å²) in [5, 5.41) is 3.05. The van der Waals surface area contributed by atoms with Crippen molar-refractivity contribution >= 4 is 28.3 Å². The van der Waals surface area contributed by atoms with Crippen molar-refractivity contribution in [1.29, 1.82) is 0 Å². The minimum Gasteiger partial charge on any atom is -0.488 e. The standard InChI is InChI=1S/C30H37FN6O3/c1-35-10-12-36(13-11-35)22-4-7-25(26(31)18-22)30(38)34-21-2-5-24(6-3-21)40-28-20-23(37-14-16-39-17-15-37)19-27-29(28)33-9-8-32-27/h4,7-9,18-21,24H,2-3,5-6,10-17H2,1H3,(H,34,38). The third-order valence-electron chi connectivity index (χ3n) is 8.27. The number of piperazine rings is 1. The van der Waals surface area contributed by atoms with Crippen molar-refractivity contribution in [3.05, 3.63) is 54.1 Å². The van der Waals surface area contributed by atoms with Gasteiger partial charge in [0.05, 0.1) is 30.4 Å². The lowest BCUT2D eigenvalue weighted by atomic mass is 9.92. The number of carbonyl (C=O) groups excluding carboxylic acids is 1. The Kier molecular flexibility index (Phi) is 7.97. The molecule has 9 nitrogen and oxygen atoms in total. The van der Waals surface area contributed by atoms with Gasteiger partial charge in [-0.25, -0.2) is 9.37 Å². The second-order valence-electron chi connectivity index (χ2n) is 11.0. The van der Waals surface area contributed by atoms with Crippen LogP contribution in [0.4, 0.5) is 15.8 Å². The lowest BCUT2D eigenvalue weighted by Gasteiger charge is -2.34. The van der Waals surface area contributed by atoms with Gasteiger partial charge in [-0.1, -0.05) is 0 Å². The number of halogens is 1. The van der Waals surface area contributed by atoms with Crippen LogP contribution in [0.2, 0.25) is 0 Å². The average Bonchev–Trinajstić information content (AvgIpc) is 2.99. The maximum absolute atomic E-state index is 14.9. The fourth-order valence-electron chi connectivity index (χ4n) is 5.84. The van der Waals surface area contributed by atoms with Gasteiger partial charge in [0.25, 0.3) is 5.91 Å². The number of aromatic nitrogens is 2. The Bertz CT molecular complexity index is 1330. The SMILES string of the molecule is CN1CCN(c2ccc(C(=O)NC3CCC(Oc4cc(N5CCOCC5)cc5nccnc45)CC3)c(F)c2)CC1. The van der Waals surface area contributed by atoms with Crippen LogP contribution in [-0.2, 0) is 4.74 Å². The molecule has 1 saturated carbocycles. The molecule has 3 aliphatic rings. The molecule has 1 N–H and O–H groups in total. The number of nitrogens with one attached hydrogen (secondary N) is 1. The molecule has 1 aromatic heterocycles. The molecule has 0 bridgehead atoms. The molecule has 1 aliphatic carbocycles. The topological polar surface area (TPSA) is 83.1 Å². The number of anilines is 2. The van der Waals surface area contributed by atoms with Gasteiger partial charge < -0.3 is 29.5 Å². The minimum atomic E-state index is -0.473. The number of likely N-dealkylation sites (N-methyl/N-ethyl adjacent to an activating group) is 1. The van der Waals surface area contributed by atoms with Gasteiger partial charge in [0.15, 0.2) is 0 Å². The maximum Gasteiger partial charge on any atom is 0.254 e. The van der Waals surface area contributed by atoms with Gasteiger partial charge in [0.2, 0.25) is 0 Å². The number of ether oxygens (including phenoxy) is 2. The summed E-state index contributed by atoms with van der Waals surface area (Å²) in [4.78, 5) is 28.7. The highest BCUT2D eigenvalue weighted by molar-refractivity contribution is 5.95.